The summed E-state index contributed by atoms with van der Waals surface area (Å²) in [6.45, 7) is 0.544. The van der Waals surface area contributed by atoms with Gasteiger partial charge in [-0.3, -0.25) is 4.79 Å². The summed E-state index contributed by atoms with van der Waals surface area (Å²) in [5.74, 6) is 0.0166. The number of amides is 1. The van der Waals surface area contributed by atoms with E-state index in [1.54, 1.807) is 0 Å². The fraction of sp³-hybridized carbons (Fsp3) is 0.364. The van der Waals surface area contributed by atoms with E-state index in [-0.39, 0.29) is 12.5 Å². The van der Waals surface area contributed by atoms with Gasteiger partial charge in [-0.05, 0) is 5.56 Å². The average molecular weight is 191 g/mol. The summed E-state index contributed by atoms with van der Waals surface area (Å²) < 4.78 is 0. The number of benzene rings is 1. The lowest BCUT2D eigenvalue weighted by Gasteiger charge is -2.24. The molecule has 1 unspecified atom stereocenters. The molecule has 1 aliphatic heterocycles. The molecule has 0 bridgehead atoms. The van der Waals surface area contributed by atoms with Crippen LogP contribution in [0.15, 0.2) is 30.3 Å². The highest BCUT2D eigenvalue weighted by atomic mass is 16.3. The minimum absolute atomic E-state index is 0.00968. The normalized spacial score (nSPS) is 26.2. The van der Waals surface area contributed by atoms with Crippen molar-refractivity contribution in [3.05, 3.63) is 35.9 Å². The first-order valence-electron chi connectivity index (χ1n) is 4.70. The molecule has 3 nitrogen and oxygen atoms in total. The van der Waals surface area contributed by atoms with Gasteiger partial charge >= 0.3 is 0 Å². The molecule has 74 valence electrons. The molecule has 0 radical (unpaired) electrons. The minimum atomic E-state index is -0.404. The lowest BCUT2D eigenvalue weighted by molar-refractivity contribution is -0.119. The van der Waals surface area contributed by atoms with Gasteiger partial charge in [0.2, 0.25) is 5.91 Å². The lowest BCUT2D eigenvalue weighted by Crippen LogP contribution is -2.32. The van der Waals surface area contributed by atoms with Crippen molar-refractivity contribution in [1.82, 2.24) is 5.32 Å². The SMILES string of the molecule is O=C1CC(CO)(c2ccccc2)CN1. The number of rotatable bonds is 2. The number of hydrogen-bond acceptors (Lipinski definition) is 2. The maximum Gasteiger partial charge on any atom is 0.221 e. The summed E-state index contributed by atoms with van der Waals surface area (Å²) >= 11 is 0. The molecule has 2 N–H and O–H groups in total. The third-order valence-electron chi connectivity index (χ3n) is 2.81. The summed E-state index contributed by atoms with van der Waals surface area (Å²) in [5, 5.41) is 12.2. The molecule has 1 fully saturated rings. The van der Waals surface area contributed by atoms with E-state index in [9.17, 15) is 9.90 Å². The maximum atomic E-state index is 11.2. The van der Waals surface area contributed by atoms with E-state index in [0.29, 0.717) is 13.0 Å². The highest BCUT2D eigenvalue weighted by molar-refractivity contribution is 5.80. The number of carbonyl (C=O) groups is 1. The molecule has 1 aromatic rings. The van der Waals surface area contributed by atoms with E-state index >= 15 is 0 Å². The molecule has 3 heteroatoms. The molecule has 0 spiro atoms. The Morgan fingerprint density at radius 3 is 2.57 bits per heavy atom. The summed E-state index contributed by atoms with van der Waals surface area (Å²) in [5.41, 5.74) is 0.624. The number of nitrogens with one attached hydrogen (secondary N) is 1. The molecule has 0 saturated carbocycles. The molecule has 2 rings (SSSR count). The fourth-order valence-corrected chi connectivity index (χ4v) is 1.90. The molecule has 1 heterocycles. The van der Waals surface area contributed by atoms with Crippen LogP contribution in [0.3, 0.4) is 0 Å². The van der Waals surface area contributed by atoms with Crippen molar-refractivity contribution in [1.29, 1.82) is 0 Å². The molecule has 0 aliphatic carbocycles. The third kappa shape index (κ3) is 1.40. The monoisotopic (exact) mass is 191 g/mol. The van der Waals surface area contributed by atoms with Gasteiger partial charge in [-0.2, -0.15) is 0 Å². The van der Waals surface area contributed by atoms with E-state index in [1.165, 1.54) is 0 Å². The van der Waals surface area contributed by atoms with E-state index in [2.05, 4.69) is 5.32 Å². The Labute approximate surface area is 82.8 Å². The molecule has 0 aromatic heterocycles. The van der Waals surface area contributed by atoms with Gasteiger partial charge in [0, 0.05) is 18.4 Å². The predicted octanol–water partition coefficient (Wildman–Crippen LogP) is 0.437. The first-order chi connectivity index (χ1) is 6.77. The Bertz CT molecular complexity index is 336. The Morgan fingerprint density at radius 2 is 2.07 bits per heavy atom. The predicted molar refractivity (Wildman–Crippen MR) is 52.8 cm³/mol. The molecule has 1 aliphatic rings. The van der Waals surface area contributed by atoms with Crippen molar-refractivity contribution in [3.63, 3.8) is 0 Å². The zero-order valence-electron chi connectivity index (χ0n) is 7.86. The van der Waals surface area contributed by atoms with Crippen LogP contribution in [-0.2, 0) is 10.2 Å². The van der Waals surface area contributed by atoms with Crippen molar-refractivity contribution < 1.29 is 9.90 Å². The Hall–Kier alpha value is -1.35. The van der Waals surface area contributed by atoms with Gasteiger partial charge in [0.25, 0.3) is 0 Å². The van der Waals surface area contributed by atoms with Crippen molar-refractivity contribution in [2.75, 3.05) is 13.2 Å². The van der Waals surface area contributed by atoms with Crippen LogP contribution in [0.5, 0.6) is 0 Å². The number of carbonyl (C=O) groups excluding carboxylic acids is 1. The molecule has 1 aromatic carbocycles. The topological polar surface area (TPSA) is 49.3 Å². The lowest BCUT2D eigenvalue weighted by atomic mass is 9.80. The third-order valence-corrected chi connectivity index (χ3v) is 2.81. The number of aliphatic hydroxyl groups excluding tert-OH is 1. The van der Waals surface area contributed by atoms with Crippen LogP contribution in [0.2, 0.25) is 0 Å². The van der Waals surface area contributed by atoms with Crippen molar-refractivity contribution >= 4 is 5.91 Å². The highest BCUT2D eigenvalue weighted by Gasteiger charge is 2.39. The van der Waals surface area contributed by atoms with Gasteiger partial charge in [-0.15, -0.1) is 0 Å². The van der Waals surface area contributed by atoms with E-state index in [1.807, 2.05) is 30.3 Å². The smallest absolute Gasteiger partial charge is 0.221 e. The van der Waals surface area contributed by atoms with Crippen LogP contribution in [0.25, 0.3) is 0 Å². The van der Waals surface area contributed by atoms with Crippen molar-refractivity contribution in [2.24, 2.45) is 0 Å². The number of aliphatic hydroxyl groups is 1. The summed E-state index contributed by atoms with van der Waals surface area (Å²) in [7, 11) is 0. The second kappa shape index (κ2) is 3.42. The molecular weight excluding hydrogens is 178 g/mol. The molecule has 1 saturated heterocycles. The quantitative estimate of drug-likeness (QED) is 0.712. The second-order valence-electron chi connectivity index (χ2n) is 3.76. The zero-order valence-corrected chi connectivity index (χ0v) is 7.86. The van der Waals surface area contributed by atoms with Gasteiger partial charge in [-0.1, -0.05) is 30.3 Å². The average Bonchev–Trinajstić information content (AvgIpc) is 2.63. The Morgan fingerprint density at radius 1 is 1.36 bits per heavy atom. The first kappa shape index (κ1) is 9.21. The van der Waals surface area contributed by atoms with Gasteiger partial charge in [-0.25, -0.2) is 0 Å². The van der Waals surface area contributed by atoms with Gasteiger partial charge in [0.15, 0.2) is 0 Å². The second-order valence-corrected chi connectivity index (χ2v) is 3.76. The van der Waals surface area contributed by atoms with Gasteiger partial charge < -0.3 is 10.4 Å². The highest BCUT2D eigenvalue weighted by Crippen LogP contribution is 2.30. The van der Waals surface area contributed by atoms with Crippen LogP contribution in [0, 0.1) is 0 Å². The van der Waals surface area contributed by atoms with Crippen LogP contribution in [0.4, 0.5) is 0 Å². The van der Waals surface area contributed by atoms with Gasteiger partial charge in [0.1, 0.15) is 0 Å². The van der Waals surface area contributed by atoms with Crippen LogP contribution in [0.1, 0.15) is 12.0 Å². The molecule has 1 amide bonds. The van der Waals surface area contributed by atoms with Crippen molar-refractivity contribution in [2.45, 2.75) is 11.8 Å². The largest absolute Gasteiger partial charge is 0.395 e. The van der Waals surface area contributed by atoms with Gasteiger partial charge in [0.05, 0.1) is 6.61 Å². The molecular formula is C11H13NO2. The van der Waals surface area contributed by atoms with Crippen LogP contribution in [-0.4, -0.2) is 24.2 Å². The van der Waals surface area contributed by atoms with Crippen LogP contribution < -0.4 is 5.32 Å². The van der Waals surface area contributed by atoms with E-state index in [4.69, 9.17) is 0 Å². The zero-order chi connectivity index (χ0) is 10.0. The Kier molecular flexibility index (Phi) is 2.25. The van der Waals surface area contributed by atoms with Crippen molar-refractivity contribution in [3.8, 4) is 0 Å². The van der Waals surface area contributed by atoms with E-state index < -0.39 is 5.41 Å². The fourth-order valence-electron chi connectivity index (χ4n) is 1.90. The van der Waals surface area contributed by atoms with E-state index in [0.717, 1.165) is 5.56 Å². The minimum Gasteiger partial charge on any atom is -0.395 e. The molecule has 14 heavy (non-hydrogen) atoms. The maximum absolute atomic E-state index is 11.2. The molecule has 1 atom stereocenters. The summed E-state index contributed by atoms with van der Waals surface area (Å²) in [4.78, 5) is 11.2. The Balaban J connectivity index is 2.34. The number of hydrogen-bond donors (Lipinski definition) is 2. The first-order valence-corrected chi connectivity index (χ1v) is 4.70. The summed E-state index contributed by atoms with van der Waals surface area (Å²) in [6.07, 6.45) is 0.382. The van der Waals surface area contributed by atoms with Crippen LogP contribution >= 0.6 is 0 Å². The standard InChI is InChI=1S/C11H13NO2/c13-8-11(6-10(14)12-7-11)9-4-2-1-3-5-9/h1-5,13H,6-8H2,(H,12,14). The summed E-state index contributed by atoms with van der Waals surface area (Å²) in [6, 6.07) is 9.69.